The Balaban J connectivity index is 1.78. The quantitative estimate of drug-likeness (QED) is 0.267. The fourth-order valence-electron chi connectivity index (χ4n) is 3.80. The summed E-state index contributed by atoms with van der Waals surface area (Å²) in [7, 11) is 3.21. The van der Waals surface area contributed by atoms with Gasteiger partial charge < -0.3 is 19.1 Å². The molecular weight excluding hydrogens is 478 g/mol. The van der Waals surface area contributed by atoms with Crippen molar-refractivity contribution >= 4 is 17.5 Å². The molecular formula is C28H28ClN3O4. The van der Waals surface area contributed by atoms with E-state index in [0.29, 0.717) is 41.1 Å². The summed E-state index contributed by atoms with van der Waals surface area (Å²) in [5.41, 5.74) is 2.88. The van der Waals surface area contributed by atoms with Crippen molar-refractivity contribution in [3.05, 3.63) is 101 Å². The highest BCUT2D eigenvalue weighted by Crippen LogP contribution is 2.36. The minimum absolute atomic E-state index is 0.102. The van der Waals surface area contributed by atoms with E-state index in [9.17, 15) is 4.79 Å². The molecule has 0 saturated heterocycles. The Hall–Kier alpha value is -3.81. The molecule has 0 aliphatic rings. The SMILES string of the molecule is COCCN(Cc1c(C)nn(-c2ccc(Cl)cc2)c1Oc1ccccc1OC)C(=O)c1ccccc1. The number of halogens is 1. The molecule has 3 aromatic carbocycles. The number of methoxy groups -OCH3 is 2. The number of hydrogen-bond donors (Lipinski definition) is 0. The zero-order chi connectivity index (χ0) is 25.5. The number of hydrogen-bond acceptors (Lipinski definition) is 5. The Morgan fingerprint density at radius 1 is 0.944 bits per heavy atom. The summed E-state index contributed by atoms with van der Waals surface area (Å²) in [6, 6.07) is 23.9. The van der Waals surface area contributed by atoms with Gasteiger partial charge in [-0.25, -0.2) is 4.68 Å². The molecule has 1 amide bonds. The number of aryl methyl sites for hydroxylation is 1. The number of benzene rings is 3. The summed E-state index contributed by atoms with van der Waals surface area (Å²) < 4.78 is 18.9. The Morgan fingerprint density at radius 3 is 2.28 bits per heavy atom. The van der Waals surface area contributed by atoms with Gasteiger partial charge in [-0.1, -0.05) is 41.9 Å². The Bertz CT molecular complexity index is 1310. The lowest BCUT2D eigenvalue weighted by molar-refractivity contribution is 0.0679. The van der Waals surface area contributed by atoms with Gasteiger partial charge in [-0.05, 0) is 55.5 Å². The van der Waals surface area contributed by atoms with Crippen LogP contribution in [0.1, 0.15) is 21.6 Å². The third kappa shape index (κ3) is 5.70. The number of ether oxygens (including phenoxy) is 3. The van der Waals surface area contributed by atoms with Crippen LogP contribution in [0.15, 0.2) is 78.9 Å². The lowest BCUT2D eigenvalue weighted by Crippen LogP contribution is -2.33. The van der Waals surface area contributed by atoms with E-state index in [1.807, 2.05) is 61.5 Å². The molecule has 0 aliphatic carbocycles. The van der Waals surface area contributed by atoms with Crippen LogP contribution < -0.4 is 9.47 Å². The zero-order valence-electron chi connectivity index (χ0n) is 20.5. The lowest BCUT2D eigenvalue weighted by atomic mass is 10.1. The zero-order valence-corrected chi connectivity index (χ0v) is 21.2. The van der Waals surface area contributed by atoms with Gasteiger partial charge in [0.2, 0.25) is 5.88 Å². The van der Waals surface area contributed by atoms with Crippen LogP contribution in [0.5, 0.6) is 17.4 Å². The van der Waals surface area contributed by atoms with Gasteiger partial charge >= 0.3 is 0 Å². The summed E-state index contributed by atoms with van der Waals surface area (Å²) in [5, 5.41) is 5.39. The molecule has 0 spiro atoms. The van der Waals surface area contributed by atoms with Gasteiger partial charge in [-0.2, -0.15) is 5.10 Å². The summed E-state index contributed by atoms with van der Waals surface area (Å²) in [5.74, 6) is 1.51. The fourth-order valence-corrected chi connectivity index (χ4v) is 3.92. The monoisotopic (exact) mass is 505 g/mol. The number of carbonyl (C=O) groups is 1. The van der Waals surface area contributed by atoms with Crippen molar-refractivity contribution in [3.8, 4) is 23.1 Å². The first-order valence-electron chi connectivity index (χ1n) is 11.5. The van der Waals surface area contributed by atoms with Crippen molar-refractivity contribution in [2.75, 3.05) is 27.4 Å². The highest BCUT2D eigenvalue weighted by molar-refractivity contribution is 6.30. The average molecular weight is 506 g/mol. The van der Waals surface area contributed by atoms with Crippen molar-refractivity contribution in [1.29, 1.82) is 0 Å². The highest BCUT2D eigenvalue weighted by atomic mass is 35.5. The Labute approximate surface area is 215 Å². The number of amides is 1. The predicted molar refractivity (Wildman–Crippen MR) is 139 cm³/mol. The molecule has 8 heteroatoms. The molecule has 4 aromatic rings. The third-order valence-corrected chi connectivity index (χ3v) is 5.96. The molecule has 0 radical (unpaired) electrons. The maximum atomic E-state index is 13.4. The van der Waals surface area contributed by atoms with Crippen molar-refractivity contribution in [2.45, 2.75) is 13.5 Å². The van der Waals surface area contributed by atoms with Crippen LogP contribution in [-0.2, 0) is 11.3 Å². The normalized spacial score (nSPS) is 10.8. The lowest BCUT2D eigenvalue weighted by Gasteiger charge is -2.23. The molecule has 0 atom stereocenters. The maximum absolute atomic E-state index is 13.4. The highest BCUT2D eigenvalue weighted by Gasteiger charge is 2.25. The maximum Gasteiger partial charge on any atom is 0.254 e. The van der Waals surface area contributed by atoms with E-state index in [0.717, 1.165) is 16.9 Å². The number of nitrogens with zero attached hydrogens (tertiary/aromatic N) is 3. The Morgan fingerprint density at radius 2 is 1.61 bits per heavy atom. The van der Waals surface area contributed by atoms with Crippen molar-refractivity contribution < 1.29 is 19.0 Å². The van der Waals surface area contributed by atoms with Crippen LogP contribution in [0, 0.1) is 6.92 Å². The summed E-state index contributed by atoms with van der Waals surface area (Å²) in [6.07, 6.45) is 0. The van der Waals surface area contributed by atoms with Gasteiger partial charge in [-0.15, -0.1) is 0 Å². The second kappa shape index (κ2) is 11.7. The molecule has 7 nitrogen and oxygen atoms in total. The van der Waals surface area contributed by atoms with Crippen LogP contribution in [0.2, 0.25) is 5.02 Å². The first-order chi connectivity index (χ1) is 17.5. The molecule has 0 unspecified atom stereocenters. The summed E-state index contributed by atoms with van der Waals surface area (Å²) in [6.45, 7) is 2.98. The molecule has 36 heavy (non-hydrogen) atoms. The van der Waals surface area contributed by atoms with E-state index in [4.69, 9.17) is 30.9 Å². The minimum Gasteiger partial charge on any atom is -0.493 e. The average Bonchev–Trinajstić information content (AvgIpc) is 3.21. The number of rotatable bonds is 10. The third-order valence-electron chi connectivity index (χ3n) is 5.71. The standard InChI is InChI=1S/C28H28ClN3O4/c1-20-24(19-31(17-18-34-2)27(33)21-9-5-4-6-10-21)28(36-26-12-8-7-11-25(26)35-3)32(30-20)23-15-13-22(29)14-16-23/h4-16H,17-19H2,1-3H3. The second-order valence-corrected chi connectivity index (χ2v) is 8.53. The van der Waals surface area contributed by atoms with E-state index in [1.54, 1.807) is 48.1 Å². The van der Waals surface area contributed by atoms with Crippen LogP contribution in [0.3, 0.4) is 0 Å². The second-order valence-electron chi connectivity index (χ2n) is 8.10. The number of para-hydroxylation sites is 2. The van der Waals surface area contributed by atoms with Crippen LogP contribution in [0.25, 0.3) is 5.69 Å². The fraction of sp³-hybridized carbons (Fsp3) is 0.214. The van der Waals surface area contributed by atoms with E-state index < -0.39 is 0 Å². The van der Waals surface area contributed by atoms with E-state index in [2.05, 4.69) is 0 Å². The van der Waals surface area contributed by atoms with Gasteiger partial charge in [0.25, 0.3) is 5.91 Å². The van der Waals surface area contributed by atoms with Crippen LogP contribution in [0.4, 0.5) is 0 Å². The molecule has 186 valence electrons. The molecule has 0 saturated carbocycles. The largest absolute Gasteiger partial charge is 0.493 e. The van der Waals surface area contributed by atoms with Crippen LogP contribution in [-0.4, -0.2) is 48.0 Å². The minimum atomic E-state index is -0.102. The van der Waals surface area contributed by atoms with E-state index in [-0.39, 0.29) is 12.5 Å². The van der Waals surface area contributed by atoms with Gasteiger partial charge in [0.15, 0.2) is 11.5 Å². The Kier molecular flexibility index (Phi) is 8.25. The van der Waals surface area contributed by atoms with Crippen molar-refractivity contribution in [2.24, 2.45) is 0 Å². The van der Waals surface area contributed by atoms with Crippen LogP contribution >= 0.6 is 11.6 Å². The number of carbonyl (C=O) groups excluding carboxylic acids is 1. The van der Waals surface area contributed by atoms with E-state index in [1.165, 1.54) is 0 Å². The van der Waals surface area contributed by atoms with Crippen molar-refractivity contribution in [1.82, 2.24) is 14.7 Å². The van der Waals surface area contributed by atoms with Gasteiger partial charge in [0.1, 0.15) is 0 Å². The molecule has 1 heterocycles. The van der Waals surface area contributed by atoms with Gasteiger partial charge in [0, 0.05) is 24.2 Å². The smallest absolute Gasteiger partial charge is 0.254 e. The molecule has 0 fully saturated rings. The van der Waals surface area contributed by atoms with Crippen molar-refractivity contribution in [3.63, 3.8) is 0 Å². The summed E-state index contributed by atoms with van der Waals surface area (Å²) in [4.78, 5) is 15.2. The molecule has 0 bridgehead atoms. The van der Waals surface area contributed by atoms with Gasteiger partial charge in [0.05, 0.1) is 37.2 Å². The summed E-state index contributed by atoms with van der Waals surface area (Å²) >= 11 is 6.12. The number of aromatic nitrogens is 2. The predicted octanol–water partition coefficient (Wildman–Crippen LogP) is 5.92. The molecule has 0 aliphatic heterocycles. The molecule has 4 rings (SSSR count). The van der Waals surface area contributed by atoms with Gasteiger partial charge in [-0.3, -0.25) is 4.79 Å². The topological polar surface area (TPSA) is 65.8 Å². The first kappa shape index (κ1) is 25.3. The molecule has 1 aromatic heterocycles. The molecule has 0 N–H and O–H groups in total. The van der Waals surface area contributed by atoms with E-state index >= 15 is 0 Å². The first-order valence-corrected chi connectivity index (χ1v) is 11.9.